The molecular formula is C17H27NO2. The molecule has 0 aromatic heterocycles. The first-order valence-electron chi connectivity index (χ1n) is 7.42. The summed E-state index contributed by atoms with van der Waals surface area (Å²) in [6.45, 7) is 8.78. The Labute approximate surface area is 122 Å². The fourth-order valence-corrected chi connectivity index (χ4v) is 2.64. The van der Waals surface area contributed by atoms with E-state index in [1.165, 1.54) is 16.7 Å². The molecule has 0 amide bonds. The molecule has 20 heavy (non-hydrogen) atoms. The highest BCUT2D eigenvalue weighted by Gasteiger charge is 2.38. The van der Waals surface area contributed by atoms with Gasteiger partial charge in [0.1, 0.15) is 0 Å². The zero-order valence-electron chi connectivity index (χ0n) is 13.2. The Morgan fingerprint density at radius 3 is 2.55 bits per heavy atom. The minimum atomic E-state index is -0.594. The molecule has 0 fully saturated rings. The van der Waals surface area contributed by atoms with Gasteiger partial charge < -0.3 is 10.5 Å². The Balaban J connectivity index is 3.11. The van der Waals surface area contributed by atoms with E-state index in [2.05, 4.69) is 39.0 Å². The zero-order valence-corrected chi connectivity index (χ0v) is 13.2. The van der Waals surface area contributed by atoms with Crippen LogP contribution in [0.25, 0.3) is 0 Å². The van der Waals surface area contributed by atoms with Crippen LogP contribution in [0.3, 0.4) is 0 Å². The van der Waals surface area contributed by atoms with Crippen LogP contribution in [0.15, 0.2) is 18.2 Å². The molecule has 3 heteroatoms. The zero-order chi connectivity index (χ0) is 15.2. The second-order valence-electron chi connectivity index (χ2n) is 5.56. The van der Waals surface area contributed by atoms with Crippen LogP contribution in [0, 0.1) is 19.3 Å². The van der Waals surface area contributed by atoms with E-state index in [4.69, 9.17) is 10.5 Å². The van der Waals surface area contributed by atoms with E-state index in [1.807, 2.05) is 6.92 Å². The lowest BCUT2D eigenvalue weighted by Gasteiger charge is -2.30. The minimum absolute atomic E-state index is 0.162. The maximum absolute atomic E-state index is 12.4. The lowest BCUT2D eigenvalue weighted by atomic mass is 9.77. The Kier molecular flexibility index (Phi) is 6.21. The van der Waals surface area contributed by atoms with Crippen LogP contribution in [0.4, 0.5) is 0 Å². The van der Waals surface area contributed by atoms with Gasteiger partial charge in [-0.1, -0.05) is 37.1 Å². The number of esters is 1. The minimum Gasteiger partial charge on any atom is -0.466 e. The standard InChI is InChI=1S/C17H27NO2/c1-5-9-17(12-18,16(19)20-6-2)11-15-10-13(3)7-8-14(15)4/h7-8,10H,5-6,9,11-12,18H2,1-4H3. The second-order valence-corrected chi connectivity index (χ2v) is 5.56. The van der Waals surface area contributed by atoms with Crippen LogP contribution in [0.1, 0.15) is 43.4 Å². The van der Waals surface area contributed by atoms with Gasteiger partial charge in [0.05, 0.1) is 12.0 Å². The molecule has 1 atom stereocenters. The first kappa shape index (κ1) is 16.7. The molecule has 1 aromatic carbocycles. The average Bonchev–Trinajstić information content (AvgIpc) is 2.42. The van der Waals surface area contributed by atoms with Crippen molar-refractivity contribution in [2.24, 2.45) is 11.1 Å². The lowest BCUT2D eigenvalue weighted by Crippen LogP contribution is -2.42. The third-order valence-electron chi connectivity index (χ3n) is 3.86. The van der Waals surface area contributed by atoms with Crippen LogP contribution < -0.4 is 5.73 Å². The summed E-state index contributed by atoms with van der Waals surface area (Å²) in [4.78, 5) is 12.4. The third-order valence-corrected chi connectivity index (χ3v) is 3.86. The molecule has 0 heterocycles. The van der Waals surface area contributed by atoms with E-state index < -0.39 is 5.41 Å². The van der Waals surface area contributed by atoms with Crippen LogP contribution in [-0.2, 0) is 16.0 Å². The van der Waals surface area contributed by atoms with E-state index in [0.717, 1.165) is 12.8 Å². The smallest absolute Gasteiger partial charge is 0.313 e. The number of hydrogen-bond donors (Lipinski definition) is 1. The van der Waals surface area contributed by atoms with Crippen molar-refractivity contribution in [3.8, 4) is 0 Å². The molecule has 0 spiro atoms. The van der Waals surface area contributed by atoms with Gasteiger partial charge >= 0.3 is 5.97 Å². The Hall–Kier alpha value is -1.35. The summed E-state index contributed by atoms with van der Waals surface area (Å²) in [6, 6.07) is 6.34. The van der Waals surface area contributed by atoms with Crippen LogP contribution in [0.2, 0.25) is 0 Å². The molecule has 0 aliphatic carbocycles. The number of hydrogen-bond acceptors (Lipinski definition) is 3. The lowest BCUT2D eigenvalue weighted by molar-refractivity contribution is -0.155. The molecule has 0 saturated carbocycles. The van der Waals surface area contributed by atoms with Crippen molar-refractivity contribution >= 4 is 5.97 Å². The van der Waals surface area contributed by atoms with Gasteiger partial charge in [0, 0.05) is 6.54 Å². The molecule has 1 unspecified atom stereocenters. The summed E-state index contributed by atoms with van der Waals surface area (Å²) in [5.74, 6) is -0.162. The summed E-state index contributed by atoms with van der Waals surface area (Å²) in [7, 11) is 0. The largest absolute Gasteiger partial charge is 0.466 e. The Morgan fingerprint density at radius 2 is 2.00 bits per heavy atom. The fraction of sp³-hybridized carbons (Fsp3) is 0.588. The number of rotatable bonds is 7. The predicted molar refractivity (Wildman–Crippen MR) is 82.6 cm³/mol. The highest BCUT2D eigenvalue weighted by molar-refractivity contribution is 5.77. The maximum atomic E-state index is 12.4. The van der Waals surface area contributed by atoms with Crippen molar-refractivity contribution in [3.63, 3.8) is 0 Å². The van der Waals surface area contributed by atoms with Crippen molar-refractivity contribution in [2.75, 3.05) is 13.2 Å². The van der Waals surface area contributed by atoms with Crippen molar-refractivity contribution < 1.29 is 9.53 Å². The van der Waals surface area contributed by atoms with Crippen molar-refractivity contribution in [1.29, 1.82) is 0 Å². The highest BCUT2D eigenvalue weighted by atomic mass is 16.5. The maximum Gasteiger partial charge on any atom is 0.313 e. The Bertz CT molecular complexity index is 456. The first-order valence-corrected chi connectivity index (χ1v) is 7.42. The molecule has 3 nitrogen and oxygen atoms in total. The third kappa shape index (κ3) is 3.83. The number of carbonyl (C=O) groups excluding carboxylic acids is 1. The average molecular weight is 277 g/mol. The van der Waals surface area contributed by atoms with E-state index >= 15 is 0 Å². The molecule has 0 aliphatic heterocycles. The number of ether oxygens (including phenoxy) is 1. The van der Waals surface area contributed by atoms with E-state index in [1.54, 1.807) is 0 Å². The Morgan fingerprint density at radius 1 is 1.30 bits per heavy atom. The quantitative estimate of drug-likeness (QED) is 0.779. The van der Waals surface area contributed by atoms with E-state index in [9.17, 15) is 4.79 Å². The van der Waals surface area contributed by atoms with Gasteiger partial charge in [0.15, 0.2) is 0 Å². The normalized spacial score (nSPS) is 13.8. The molecule has 0 bridgehead atoms. The van der Waals surface area contributed by atoms with Crippen molar-refractivity contribution in [3.05, 3.63) is 34.9 Å². The fourth-order valence-electron chi connectivity index (χ4n) is 2.64. The molecule has 2 N–H and O–H groups in total. The number of aryl methyl sites for hydroxylation is 2. The van der Waals surface area contributed by atoms with Gasteiger partial charge in [-0.25, -0.2) is 0 Å². The topological polar surface area (TPSA) is 52.3 Å². The number of nitrogens with two attached hydrogens (primary N) is 1. The number of benzene rings is 1. The first-order chi connectivity index (χ1) is 9.49. The molecule has 0 radical (unpaired) electrons. The van der Waals surface area contributed by atoms with Crippen LogP contribution in [0.5, 0.6) is 0 Å². The summed E-state index contributed by atoms with van der Waals surface area (Å²) in [5, 5.41) is 0. The van der Waals surface area contributed by atoms with Gasteiger partial charge in [-0.2, -0.15) is 0 Å². The highest BCUT2D eigenvalue weighted by Crippen LogP contribution is 2.31. The summed E-state index contributed by atoms with van der Waals surface area (Å²) in [5.41, 5.74) is 8.97. The van der Waals surface area contributed by atoms with Gasteiger partial charge in [-0.15, -0.1) is 0 Å². The molecule has 0 aliphatic rings. The van der Waals surface area contributed by atoms with Crippen molar-refractivity contribution in [2.45, 2.75) is 47.0 Å². The van der Waals surface area contributed by atoms with E-state index in [-0.39, 0.29) is 5.97 Å². The van der Waals surface area contributed by atoms with Gasteiger partial charge in [-0.05, 0) is 44.7 Å². The van der Waals surface area contributed by atoms with Crippen LogP contribution >= 0.6 is 0 Å². The van der Waals surface area contributed by atoms with Gasteiger partial charge in [0.25, 0.3) is 0 Å². The molecule has 1 aromatic rings. The van der Waals surface area contributed by atoms with Gasteiger partial charge in [-0.3, -0.25) is 4.79 Å². The van der Waals surface area contributed by atoms with Crippen molar-refractivity contribution in [1.82, 2.24) is 0 Å². The molecule has 1 rings (SSSR count). The summed E-state index contributed by atoms with van der Waals surface area (Å²) < 4.78 is 5.27. The predicted octanol–water partition coefficient (Wildman–Crippen LogP) is 3.15. The monoisotopic (exact) mass is 277 g/mol. The van der Waals surface area contributed by atoms with E-state index in [0.29, 0.717) is 19.6 Å². The summed E-state index contributed by atoms with van der Waals surface area (Å²) >= 11 is 0. The molecule has 0 saturated heterocycles. The van der Waals surface area contributed by atoms with Gasteiger partial charge in [0.2, 0.25) is 0 Å². The second kappa shape index (κ2) is 7.44. The SMILES string of the molecule is CCCC(CN)(Cc1cc(C)ccc1C)C(=O)OCC. The number of carbonyl (C=O) groups is 1. The molecular weight excluding hydrogens is 250 g/mol. The van der Waals surface area contributed by atoms with Crippen LogP contribution in [-0.4, -0.2) is 19.1 Å². The molecule has 112 valence electrons. The summed E-state index contributed by atoms with van der Waals surface area (Å²) in [6.07, 6.45) is 2.33.